The van der Waals surface area contributed by atoms with Crippen LogP contribution in [0, 0.1) is 0 Å². The number of ketones is 1. The molecule has 0 saturated heterocycles. The molecular formula is C21H14O9. The monoisotopic (exact) mass is 410 g/mol. The van der Waals surface area contributed by atoms with E-state index in [1.54, 1.807) is 0 Å². The van der Waals surface area contributed by atoms with Crippen molar-refractivity contribution in [3.8, 4) is 46.0 Å². The normalized spacial score (nSPS) is 11.2. The maximum atomic E-state index is 13.4. The van der Waals surface area contributed by atoms with Gasteiger partial charge in [0.2, 0.25) is 17.3 Å². The van der Waals surface area contributed by atoms with Crippen LogP contribution >= 0.6 is 0 Å². The fourth-order valence-electron chi connectivity index (χ4n) is 3.53. The highest BCUT2D eigenvalue weighted by atomic mass is 16.3. The summed E-state index contributed by atoms with van der Waals surface area (Å²) in [7, 11) is 0. The van der Waals surface area contributed by atoms with Crippen LogP contribution in [0.4, 0.5) is 0 Å². The average Bonchev–Trinajstić information content (AvgIpc) is 2.70. The van der Waals surface area contributed by atoms with Gasteiger partial charge in [-0.3, -0.25) is 4.79 Å². The number of rotatable bonds is 2. The summed E-state index contributed by atoms with van der Waals surface area (Å²) in [4.78, 5) is 13.4. The first kappa shape index (κ1) is 18.8. The van der Waals surface area contributed by atoms with Crippen molar-refractivity contribution >= 4 is 27.3 Å². The van der Waals surface area contributed by atoms with E-state index in [1.165, 1.54) is 36.4 Å². The highest BCUT2D eigenvalue weighted by molar-refractivity contribution is 6.27. The molecule has 9 nitrogen and oxygen atoms in total. The molecule has 0 saturated carbocycles. The number of phenolic OH excluding ortho intramolecular Hbond substituents is 8. The zero-order valence-electron chi connectivity index (χ0n) is 15.0. The highest BCUT2D eigenvalue weighted by Crippen LogP contribution is 2.52. The first-order valence-electron chi connectivity index (χ1n) is 8.48. The van der Waals surface area contributed by atoms with E-state index in [1.807, 2.05) is 0 Å². The molecule has 4 aromatic carbocycles. The van der Waals surface area contributed by atoms with E-state index in [-0.39, 0.29) is 21.5 Å². The summed E-state index contributed by atoms with van der Waals surface area (Å²) in [5, 5.41) is 80.3. The Kier molecular flexibility index (Phi) is 3.91. The fraction of sp³-hybridized carbons (Fsp3) is 0. The van der Waals surface area contributed by atoms with Gasteiger partial charge in [0.1, 0.15) is 11.5 Å². The molecule has 9 heteroatoms. The summed E-state index contributed by atoms with van der Waals surface area (Å²) in [5.41, 5.74) is -1.19. The summed E-state index contributed by atoms with van der Waals surface area (Å²) >= 11 is 0. The second kappa shape index (κ2) is 6.24. The summed E-state index contributed by atoms with van der Waals surface area (Å²) in [6, 6.07) is 7.56. The van der Waals surface area contributed by atoms with E-state index in [0.29, 0.717) is 0 Å². The summed E-state index contributed by atoms with van der Waals surface area (Å²) in [6.45, 7) is 0. The van der Waals surface area contributed by atoms with Crippen LogP contribution in [0.25, 0.3) is 21.5 Å². The van der Waals surface area contributed by atoms with Crippen molar-refractivity contribution in [2.24, 2.45) is 0 Å². The topological polar surface area (TPSA) is 179 Å². The molecule has 0 bridgehead atoms. The largest absolute Gasteiger partial charge is 0.507 e. The zero-order chi connectivity index (χ0) is 21.9. The second-order valence-electron chi connectivity index (χ2n) is 6.57. The van der Waals surface area contributed by atoms with Crippen molar-refractivity contribution in [1.29, 1.82) is 0 Å². The molecule has 0 aromatic heterocycles. The number of hydrogen-bond donors (Lipinski definition) is 8. The predicted molar refractivity (Wildman–Crippen MR) is 105 cm³/mol. The molecule has 0 unspecified atom stereocenters. The van der Waals surface area contributed by atoms with E-state index in [2.05, 4.69) is 0 Å². The van der Waals surface area contributed by atoms with E-state index < -0.39 is 62.9 Å². The Hall–Kier alpha value is -4.53. The third-order valence-electron chi connectivity index (χ3n) is 4.92. The van der Waals surface area contributed by atoms with Crippen molar-refractivity contribution in [2.75, 3.05) is 0 Å². The number of phenols is 8. The van der Waals surface area contributed by atoms with Gasteiger partial charge >= 0.3 is 0 Å². The van der Waals surface area contributed by atoms with Crippen LogP contribution in [-0.4, -0.2) is 46.6 Å². The van der Waals surface area contributed by atoms with Gasteiger partial charge < -0.3 is 40.9 Å². The Bertz CT molecular complexity index is 1280. The minimum absolute atomic E-state index is 0.159. The van der Waals surface area contributed by atoms with Crippen molar-refractivity contribution in [3.05, 3.63) is 47.5 Å². The molecule has 152 valence electrons. The molecular weight excluding hydrogens is 396 g/mol. The van der Waals surface area contributed by atoms with Crippen molar-refractivity contribution in [1.82, 2.24) is 0 Å². The van der Waals surface area contributed by atoms with E-state index in [9.17, 15) is 45.6 Å². The molecule has 30 heavy (non-hydrogen) atoms. The van der Waals surface area contributed by atoms with Gasteiger partial charge in [-0.2, -0.15) is 0 Å². The molecule has 0 aliphatic rings. The van der Waals surface area contributed by atoms with Crippen molar-refractivity contribution in [2.45, 2.75) is 0 Å². The van der Waals surface area contributed by atoms with Crippen molar-refractivity contribution < 1.29 is 45.6 Å². The number of aromatic hydroxyl groups is 8. The molecule has 8 N–H and O–H groups in total. The predicted octanol–water partition coefficient (Wildman–Crippen LogP) is 2.87. The zero-order valence-corrected chi connectivity index (χ0v) is 15.0. The van der Waals surface area contributed by atoms with Gasteiger partial charge in [0, 0.05) is 10.8 Å². The first-order chi connectivity index (χ1) is 14.2. The summed E-state index contributed by atoms with van der Waals surface area (Å²) < 4.78 is 0. The Morgan fingerprint density at radius 3 is 1.23 bits per heavy atom. The minimum Gasteiger partial charge on any atom is -0.507 e. The SMILES string of the molecule is O=C(c1c(O)c(O)c(O)c2c(O)cccc12)c1c(O)c(O)c(O)c2c(O)cccc12. The fourth-order valence-corrected chi connectivity index (χ4v) is 3.53. The maximum absolute atomic E-state index is 13.4. The molecule has 0 aliphatic heterocycles. The smallest absolute Gasteiger partial charge is 0.202 e. The average molecular weight is 410 g/mol. The maximum Gasteiger partial charge on any atom is 0.202 e. The van der Waals surface area contributed by atoms with E-state index in [4.69, 9.17) is 0 Å². The molecule has 0 heterocycles. The Morgan fingerprint density at radius 2 is 0.867 bits per heavy atom. The van der Waals surface area contributed by atoms with Crippen LogP contribution in [0.15, 0.2) is 36.4 Å². The lowest BCUT2D eigenvalue weighted by molar-refractivity contribution is 0.103. The van der Waals surface area contributed by atoms with Gasteiger partial charge in [-0.05, 0) is 12.1 Å². The van der Waals surface area contributed by atoms with Crippen LogP contribution in [0.5, 0.6) is 46.0 Å². The Labute approximate surface area is 167 Å². The third kappa shape index (κ3) is 2.32. The number of hydrogen-bond acceptors (Lipinski definition) is 9. The Balaban J connectivity index is 2.18. The number of benzene rings is 4. The van der Waals surface area contributed by atoms with Crippen LogP contribution in [0.2, 0.25) is 0 Å². The second-order valence-corrected chi connectivity index (χ2v) is 6.57. The highest BCUT2D eigenvalue weighted by Gasteiger charge is 2.31. The number of fused-ring (bicyclic) bond motifs is 2. The molecule has 0 amide bonds. The van der Waals surface area contributed by atoms with Crippen LogP contribution in [0.1, 0.15) is 15.9 Å². The molecule has 0 aliphatic carbocycles. The number of carbonyl (C=O) groups is 1. The Morgan fingerprint density at radius 1 is 0.500 bits per heavy atom. The third-order valence-corrected chi connectivity index (χ3v) is 4.92. The van der Waals surface area contributed by atoms with Gasteiger partial charge in [0.25, 0.3) is 0 Å². The van der Waals surface area contributed by atoms with Crippen LogP contribution in [0.3, 0.4) is 0 Å². The molecule has 0 atom stereocenters. The molecule has 4 aromatic rings. The lowest BCUT2D eigenvalue weighted by Gasteiger charge is -2.16. The summed E-state index contributed by atoms with van der Waals surface area (Å²) in [6.07, 6.45) is 0. The molecule has 0 spiro atoms. The minimum atomic E-state index is -1.12. The van der Waals surface area contributed by atoms with Gasteiger partial charge in [-0.1, -0.05) is 24.3 Å². The molecule has 4 rings (SSSR count). The molecule has 0 fully saturated rings. The van der Waals surface area contributed by atoms with Gasteiger partial charge in [0.05, 0.1) is 21.9 Å². The van der Waals surface area contributed by atoms with Gasteiger partial charge in [-0.15, -0.1) is 0 Å². The number of carbonyl (C=O) groups excluding carboxylic acids is 1. The van der Waals surface area contributed by atoms with Gasteiger partial charge in [-0.25, -0.2) is 0 Å². The molecule has 0 radical (unpaired) electrons. The quantitative estimate of drug-likeness (QED) is 0.182. The van der Waals surface area contributed by atoms with Crippen molar-refractivity contribution in [3.63, 3.8) is 0 Å². The van der Waals surface area contributed by atoms with Crippen LogP contribution in [-0.2, 0) is 0 Å². The van der Waals surface area contributed by atoms with Crippen LogP contribution < -0.4 is 0 Å². The lowest BCUT2D eigenvalue weighted by Crippen LogP contribution is -2.05. The van der Waals surface area contributed by atoms with E-state index >= 15 is 0 Å². The summed E-state index contributed by atoms with van der Waals surface area (Å²) in [5.74, 6) is -8.06. The lowest BCUT2D eigenvalue weighted by atomic mass is 9.90. The standard InChI is InChI=1S/C21H14O9/c22-9-5-1-3-7-11(9)16(25)20(29)18(27)13(7)15(24)14-8-4-2-6-10(23)12(8)17(26)21(30)19(14)28/h1-6,22-23,25-30H. The van der Waals surface area contributed by atoms with Gasteiger partial charge in [0.15, 0.2) is 23.0 Å². The van der Waals surface area contributed by atoms with E-state index in [0.717, 1.165) is 0 Å². The first-order valence-corrected chi connectivity index (χ1v) is 8.48.